The van der Waals surface area contributed by atoms with Crippen LogP contribution in [-0.4, -0.2) is 53.5 Å². The number of nitrogens with zero attached hydrogens (tertiary/aromatic N) is 2. The molecule has 0 spiro atoms. The molecule has 0 unspecified atom stereocenters. The van der Waals surface area contributed by atoms with Gasteiger partial charge in [0, 0.05) is 36.6 Å². The first-order chi connectivity index (χ1) is 15.7. The molecule has 2 heterocycles. The SMILES string of the molecule is O=C1CSc2ccc(C(=O)N3CCN(C(c4ccccc4)c4ccccc4)CC3)cc2N1. The fourth-order valence-corrected chi connectivity index (χ4v) is 5.26. The van der Waals surface area contributed by atoms with E-state index in [9.17, 15) is 9.59 Å². The highest BCUT2D eigenvalue weighted by Gasteiger charge is 2.29. The summed E-state index contributed by atoms with van der Waals surface area (Å²) in [5.41, 5.74) is 3.90. The summed E-state index contributed by atoms with van der Waals surface area (Å²) >= 11 is 1.51. The molecule has 2 aliphatic heterocycles. The van der Waals surface area contributed by atoms with Crippen LogP contribution >= 0.6 is 11.8 Å². The topological polar surface area (TPSA) is 52.7 Å². The van der Waals surface area contributed by atoms with Gasteiger partial charge in [0.05, 0.1) is 17.5 Å². The minimum atomic E-state index is -0.0198. The van der Waals surface area contributed by atoms with E-state index in [4.69, 9.17) is 0 Å². The van der Waals surface area contributed by atoms with Gasteiger partial charge in [-0.1, -0.05) is 60.7 Å². The van der Waals surface area contributed by atoms with Crippen molar-refractivity contribution in [2.24, 2.45) is 0 Å². The number of benzene rings is 3. The van der Waals surface area contributed by atoms with Crippen LogP contribution in [-0.2, 0) is 4.79 Å². The molecule has 3 aromatic carbocycles. The van der Waals surface area contributed by atoms with E-state index in [0.717, 1.165) is 23.7 Å². The monoisotopic (exact) mass is 443 g/mol. The Morgan fingerprint density at radius 1 is 0.844 bits per heavy atom. The quantitative estimate of drug-likeness (QED) is 0.654. The van der Waals surface area contributed by atoms with Gasteiger partial charge >= 0.3 is 0 Å². The summed E-state index contributed by atoms with van der Waals surface area (Å²) in [6, 6.07) is 26.9. The Morgan fingerprint density at radius 2 is 1.47 bits per heavy atom. The average Bonchev–Trinajstić information content (AvgIpc) is 2.85. The summed E-state index contributed by atoms with van der Waals surface area (Å²) in [7, 11) is 0. The number of hydrogen-bond acceptors (Lipinski definition) is 4. The zero-order chi connectivity index (χ0) is 21.9. The highest BCUT2D eigenvalue weighted by Crippen LogP contribution is 2.33. The molecule has 0 saturated carbocycles. The molecule has 2 aliphatic rings. The molecule has 1 saturated heterocycles. The van der Waals surface area contributed by atoms with Gasteiger partial charge in [-0.3, -0.25) is 14.5 Å². The summed E-state index contributed by atoms with van der Waals surface area (Å²) < 4.78 is 0. The highest BCUT2D eigenvalue weighted by molar-refractivity contribution is 8.00. The lowest BCUT2D eigenvalue weighted by atomic mass is 9.96. The van der Waals surface area contributed by atoms with Crippen LogP contribution < -0.4 is 5.32 Å². The number of carbonyl (C=O) groups excluding carboxylic acids is 2. The van der Waals surface area contributed by atoms with E-state index in [0.29, 0.717) is 24.4 Å². The number of anilines is 1. The lowest BCUT2D eigenvalue weighted by Crippen LogP contribution is -2.49. The predicted molar refractivity (Wildman–Crippen MR) is 128 cm³/mol. The lowest BCUT2D eigenvalue weighted by molar-refractivity contribution is -0.113. The van der Waals surface area contributed by atoms with Crippen molar-refractivity contribution in [3.8, 4) is 0 Å². The van der Waals surface area contributed by atoms with E-state index >= 15 is 0 Å². The Morgan fingerprint density at radius 3 is 2.09 bits per heavy atom. The van der Waals surface area contributed by atoms with Crippen LogP contribution in [0.15, 0.2) is 83.8 Å². The third-order valence-electron chi connectivity index (χ3n) is 6.06. The second kappa shape index (κ2) is 9.18. The lowest BCUT2D eigenvalue weighted by Gasteiger charge is -2.40. The van der Waals surface area contributed by atoms with Crippen molar-refractivity contribution in [2.45, 2.75) is 10.9 Å². The third-order valence-corrected chi connectivity index (χ3v) is 7.13. The number of thioether (sulfide) groups is 1. The fourth-order valence-electron chi connectivity index (χ4n) is 4.47. The Labute approximate surface area is 192 Å². The van der Waals surface area contributed by atoms with Crippen LogP contribution in [0.2, 0.25) is 0 Å². The summed E-state index contributed by atoms with van der Waals surface area (Å²) in [5, 5.41) is 2.88. The first-order valence-electron chi connectivity index (χ1n) is 10.9. The molecule has 0 aliphatic carbocycles. The largest absolute Gasteiger partial charge is 0.336 e. The van der Waals surface area contributed by atoms with Gasteiger partial charge in [-0.05, 0) is 29.3 Å². The molecule has 162 valence electrons. The van der Waals surface area contributed by atoms with E-state index < -0.39 is 0 Å². The average molecular weight is 444 g/mol. The van der Waals surface area contributed by atoms with Crippen LogP contribution in [0, 0.1) is 0 Å². The van der Waals surface area contributed by atoms with Gasteiger partial charge in [0.15, 0.2) is 0 Å². The van der Waals surface area contributed by atoms with Gasteiger partial charge in [0.25, 0.3) is 5.91 Å². The molecule has 2 amide bonds. The van der Waals surface area contributed by atoms with Gasteiger partial charge < -0.3 is 10.2 Å². The Kier molecular flexibility index (Phi) is 5.97. The Hall–Kier alpha value is -3.09. The van der Waals surface area contributed by atoms with Gasteiger partial charge in [0.1, 0.15) is 0 Å². The summed E-state index contributed by atoms with van der Waals surface area (Å²) in [6.45, 7) is 2.95. The Balaban J connectivity index is 1.31. The van der Waals surface area contributed by atoms with E-state index in [1.807, 2.05) is 35.2 Å². The molecule has 5 nitrogen and oxygen atoms in total. The molecule has 0 atom stereocenters. The predicted octanol–water partition coefficient (Wildman–Crippen LogP) is 4.28. The molecule has 0 aromatic heterocycles. The molecule has 0 bridgehead atoms. The number of hydrogen-bond donors (Lipinski definition) is 1. The zero-order valence-corrected chi connectivity index (χ0v) is 18.6. The number of piperazine rings is 1. The number of fused-ring (bicyclic) bond motifs is 1. The summed E-state index contributed by atoms with van der Waals surface area (Å²) in [4.78, 5) is 30.3. The van der Waals surface area contributed by atoms with Gasteiger partial charge in [-0.2, -0.15) is 0 Å². The van der Waals surface area contributed by atoms with Crippen LogP contribution in [0.3, 0.4) is 0 Å². The van der Waals surface area contributed by atoms with Gasteiger partial charge in [-0.15, -0.1) is 11.8 Å². The van der Waals surface area contributed by atoms with Gasteiger partial charge in [0.2, 0.25) is 5.91 Å². The van der Waals surface area contributed by atoms with Crippen LogP contribution in [0.5, 0.6) is 0 Å². The van der Waals surface area contributed by atoms with Crippen molar-refractivity contribution in [3.05, 3.63) is 95.6 Å². The number of carbonyl (C=O) groups is 2. The molecule has 5 rings (SSSR count). The normalized spacial score (nSPS) is 16.5. The third kappa shape index (κ3) is 4.29. The van der Waals surface area contributed by atoms with E-state index in [2.05, 4.69) is 58.7 Å². The van der Waals surface area contributed by atoms with Crippen molar-refractivity contribution in [2.75, 3.05) is 37.2 Å². The van der Waals surface area contributed by atoms with E-state index in [-0.39, 0.29) is 17.9 Å². The molecule has 1 N–H and O–H groups in total. The highest BCUT2D eigenvalue weighted by atomic mass is 32.2. The first-order valence-corrected chi connectivity index (χ1v) is 11.9. The standard InChI is InChI=1S/C26H25N3O2S/c30-24-18-32-23-12-11-21(17-22(23)27-24)26(31)29-15-13-28(14-16-29)25(19-7-3-1-4-8-19)20-9-5-2-6-10-20/h1-12,17,25H,13-16,18H2,(H,27,30). The Bertz CT molecular complexity index is 1070. The van der Waals surface area contributed by atoms with E-state index in [1.165, 1.54) is 22.9 Å². The van der Waals surface area contributed by atoms with Crippen molar-refractivity contribution >= 4 is 29.3 Å². The maximum atomic E-state index is 13.2. The second-order valence-corrected chi connectivity index (χ2v) is 9.12. The maximum absolute atomic E-state index is 13.2. The van der Waals surface area contributed by atoms with Crippen LogP contribution in [0.4, 0.5) is 5.69 Å². The molecular weight excluding hydrogens is 418 g/mol. The minimum absolute atomic E-state index is 0.0198. The molecule has 3 aromatic rings. The summed E-state index contributed by atoms with van der Waals surface area (Å²) in [6.07, 6.45) is 0. The summed E-state index contributed by atoms with van der Waals surface area (Å²) in [5.74, 6) is 0.425. The number of rotatable bonds is 4. The van der Waals surface area contributed by atoms with Crippen molar-refractivity contribution in [1.82, 2.24) is 9.80 Å². The number of nitrogens with one attached hydrogen (secondary N) is 1. The smallest absolute Gasteiger partial charge is 0.254 e. The minimum Gasteiger partial charge on any atom is -0.336 e. The molecule has 32 heavy (non-hydrogen) atoms. The molecule has 0 radical (unpaired) electrons. The first kappa shape index (κ1) is 20.8. The van der Waals surface area contributed by atoms with Crippen molar-refractivity contribution in [1.29, 1.82) is 0 Å². The second-order valence-electron chi connectivity index (χ2n) is 8.10. The van der Waals surface area contributed by atoms with Crippen molar-refractivity contribution in [3.63, 3.8) is 0 Å². The molecule has 6 heteroatoms. The maximum Gasteiger partial charge on any atom is 0.254 e. The molecule has 1 fully saturated rings. The van der Waals surface area contributed by atoms with Crippen LogP contribution in [0.1, 0.15) is 27.5 Å². The van der Waals surface area contributed by atoms with Gasteiger partial charge in [-0.25, -0.2) is 0 Å². The molecular formula is C26H25N3O2S. The number of amides is 2. The van der Waals surface area contributed by atoms with Crippen molar-refractivity contribution < 1.29 is 9.59 Å². The van der Waals surface area contributed by atoms with E-state index in [1.54, 1.807) is 0 Å². The fraction of sp³-hybridized carbons (Fsp3) is 0.231. The van der Waals surface area contributed by atoms with Crippen LogP contribution in [0.25, 0.3) is 0 Å². The zero-order valence-electron chi connectivity index (χ0n) is 17.7.